The van der Waals surface area contributed by atoms with E-state index in [1.54, 1.807) is 19.2 Å². The SMILES string of the molecule is CCN1CCN(c2cc(NC(=O)c3ccccc3OC)c(N)cc2C)CC1. The summed E-state index contributed by atoms with van der Waals surface area (Å²) in [5, 5.41) is 2.95. The summed E-state index contributed by atoms with van der Waals surface area (Å²) in [7, 11) is 1.56. The van der Waals surface area contributed by atoms with Crippen molar-refractivity contribution in [2.45, 2.75) is 13.8 Å². The second kappa shape index (κ2) is 8.31. The molecule has 1 fully saturated rings. The van der Waals surface area contributed by atoms with Crippen molar-refractivity contribution in [3.05, 3.63) is 47.5 Å². The molecule has 6 nitrogen and oxygen atoms in total. The van der Waals surface area contributed by atoms with Crippen LogP contribution in [0.25, 0.3) is 0 Å². The lowest BCUT2D eigenvalue weighted by atomic mass is 10.1. The number of nitrogens with two attached hydrogens (primary N) is 1. The third-order valence-electron chi connectivity index (χ3n) is 5.13. The van der Waals surface area contributed by atoms with Crippen LogP contribution >= 0.6 is 0 Å². The minimum absolute atomic E-state index is 0.232. The van der Waals surface area contributed by atoms with Gasteiger partial charge in [-0.15, -0.1) is 0 Å². The summed E-state index contributed by atoms with van der Waals surface area (Å²) >= 11 is 0. The molecule has 0 bridgehead atoms. The van der Waals surface area contributed by atoms with E-state index in [0.29, 0.717) is 22.7 Å². The summed E-state index contributed by atoms with van der Waals surface area (Å²) in [4.78, 5) is 17.5. The van der Waals surface area contributed by atoms with Crippen molar-refractivity contribution in [1.82, 2.24) is 4.90 Å². The van der Waals surface area contributed by atoms with Crippen LogP contribution in [0.1, 0.15) is 22.8 Å². The van der Waals surface area contributed by atoms with Crippen molar-refractivity contribution >= 4 is 23.0 Å². The number of ether oxygens (including phenoxy) is 1. The maximum atomic E-state index is 12.7. The van der Waals surface area contributed by atoms with E-state index in [-0.39, 0.29) is 5.91 Å². The highest BCUT2D eigenvalue weighted by Gasteiger charge is 2.20. The Balaban J connectivity index is 1.83. The van der Waals surface area contributed by atoms with Crippen LogP contribution in [0, 0.1) is 6.92 Å². The fourth-order valence-electron chi connectivity index (χ4n) is 3.49. The Labute approximate surface area is 160 Å². The van der Waals surface area contributed by atoms with E-state index in [1.807, 2.05) is 24.3 Å². The first-order chi connectivity index (χ1) is 13.0. The number of nitrogens with one attached hydrogen (secondary N) is 1. The average molecular weight is 368 g/mol. The number of anilines is 3. The Morgan fingerprint density at radius 1 is 1.19 bits per heavy atom. The highest BCUT2D eigenvalue weighted by molar-refractivity contribution is 6.07. The van der Waals surface area contributed by atoms with E-state index in [9.17, 15) is 4.79 Å². The number of aryl methyl sites for hydroxylation is 1. The number of carbonyl (C=O) groups is 1. The number of methoxy groups -OCH3 is 1. The highest BCUT2D eigenvalue weighted by Crippen LogP contribution is 2.31. The second-order valence-electron chi connectivity index (χ2n) is 6.80. The lowest BCUT2D eigenvalue weighted by Crippen LogP contribution is -2.46. The second-order valence-corrected chi connectivity index (χ2v) is 6.80. The van der Waals surface area contributed by atoms with Crippen LogP contribution < -0.4 is 20.7 Å². The molecule has 3 N–H and O–H groups in total. The molecule has 2 aromatic carbocycles. The summed E-state index contributed by atoms with van der Waals surface area (Å²) in [5.74, 6) is 0.307. The number of amides is 1. The molecule has 1 aliphatic heterocycles. The van der Waals surface area contributed by atoms with E-state index in [0.717, 1.165) is 44.0 Å². The fourth-order valence-corrected chi connectivity index (χ4v) is 3.49. The van der Waals surface area contributed by atoms with Gasteiger partial charge in [0, 0.05) is 31.9 Å². The molecular formula is C21H28N4O2. The molecule has 1 aliphatic rings. The first-order valence-corrected chi connectivity index (χ1v) is 9.35. The van der Waals surface area contributed by atoms with E-state index in [1.165, 1.54) is 0 Å². The molecule has 3 rings (SSSR count). The van der Waals surface area contributed by atoms with Crippen molar-refractivity contribution in [2.24, 2.45) is 0 Å². The van der Waals surface area contributed by atoms with Crippen LogP contribution in [0.4, 0.5) is 17.1 Å². The Bertz CT molecular complexity index is 814. The third-order valence-corrected chi connectivity index (χ3v) is 5.13. The van der Waals surface area contributed by atoms with Gasteiger partial charge in [0.1, 0.15) is 5.75 Å². The topological polar surface area (TPSA) is 70.8 Å². The van der Waals surface area contributed by atoms with Gasteiger partial charge in [-0.2, -0.15) is 0 Å². The number of nitrogens with zero attached hydrogens (tertiary/aromatic N) is 2. The van der Waals surface area contributed by atoms with Gasteiger partial charge in [0.05, 0.1) is 24.0 Å². The molecule has 144 valence electrons. The number of hydrogen-bond acceptors (Lipinski definition) is 5. The minimum Gasteiger partial charge on any atom is -0.496 e. The van der Waals surface area contributed by atoms with Gasteiger partial charge < -0.3 is 25.6 Å². The highest BCUT2D eigenvalue weighted by atomic mass is 16.5. The molecule has 0 saturated carbocycles. The van der Waals surface area contributed by atoms with Crippen LogP contribution in [-0.4, -0.2) is 50.6 Å². The standard InChI is InChI=1S/C21H28N4O2/c1-4-24-9-11-25(12-10-24)19-14-18(17(22)13-15(19)2)23-21(26)16-7-5-6-8-20(16)27-3/h5-8,13-14H,4,9-12,22H2,1-3H3,(H,23,26). The zero-order valence-corrected chi connectivity index (χ0v) is 16.3. The maximum absolute atomic E-state index is 12.7. The Hall–Kier alpha value is -2.73. The smallest absolute Gasteiger partial charge is 0.259 e. The van der Waals surface area contributed by atoms with Crippen molar-refractivity contribution < 1.29 is 9.53 Å². The number of benzene rings is 2. The van der Waals surface area contributed by atoms with Crippen LogP contribution in [0.2, 0.25) is 0 Å². The van der Waals surface area contributed by atoms with Gasteiger partial charge in [-0.3, -0.25) is 4.79 Å². The summed E-state index contributed by atoms with van der Waals surface area (Å²) in [5.41, 5.74) is 10.1. The molecule has 27 heavy (non-hydrogen) atoms. The van der Waals surface area contributed by atoms with Crippen LogP contribution in [0.3, 0.4) is 0 Å². The molecule has 0 spiro atoms. The third kappa shape index (κ3) is 4.17. The largest absolute Gasteiger partial charge is 0.496 e. The van der Waals surface area contributed by atoms with E-state index in [2.05, 4.69) is 29.0 Å². The number of hydrogen-bond donors (Lipinski definition) is 2. The fraction of sp³-hybridized carbons (Fsp3) is 0.381. The predicted molar refractivity (Wildman–Crippen MR) is 111 cm³/mol. The number of likely N-dealkylation sites (N-methyl/N-ethyl adjacent to an activating group) is 1. The average Bonchev–Trinajstić information content (AvgIpc) is 2.70. The van der Waals surface area contributed by atoms with Crippen LogP contribution in [0.15, 0.2) is 36.4 Å². The Morgan fingerprint density at radius 2 is 1.89 bits per heavy atom. The summed E-state index contributed by atoms with van der Waals surface area (Å²) in [6.07, 6.45) is 0. The van der Waals surface area contributed by atoms with Crippen molar-refractivity contribution in [3.8, 4) is 5.75 Å². The van der Waals surface area contributed by atoms with Gasteiger partial charge >= 0.3 is 0 Å². The van der Waals surface area contributed by atoms with Gasteiger partial charge in [0.25, 0.3) is 5.91 Å². The van der Waals surface area contributed by atoms with E-state index in [4.69, 9.17) is 10.5 Å². The Morgan fingerprint density at radius 3 is 2.56 bits per heavy atom. The zero-order valence-electron chi connectivity index (χ0n) is 16.3. The first kappa shape index (κ1) is 19.0. The lowest BCUT2D eigenvalue weighted by Gasteiger charge is -2.36. The molecule has 2 aromatic rings. The monoisotopic (exact) mass is 368 g/mol. The lowest BCUT2D eigenvalue weighted by molar-refractivity contribution is 0.102. The molecule has 1 amide bonds. The zero-order chi connectivity index (χ0) is 19.4. The number of para-hydroxylation sites is 1. The van der Waals surface area contributed by atoms with Crippen molar-refractivity contribution in [2.75, 3.05) is 55.8 Å². The molecule has 0 radical (unpaired) electrons. The van der Waals surface area contributed by atoms with Gasteiger partial charge in [-0.05, 0) is 43.3 Å². The van der Waals surface area contributed by atoms with Gasteiger partial charge in [-0.25, -0.2) is 0 Å². The first-order valence-electron chi connectivity index (χ1n) is 9.35. The maximum Gasteiger partial charge on any atom is 0.259 e. The number of piperazine rings is 1. The Kier molecular flexibility index (Phi) is 5.86. The van der Waals surface area contributed by atoms with Crippen LogP contribution in [0.5, 0.6) is 5.75 Å². The number of rotatable bonds is 5. The molecule has 1 heterocycles. The predicted octanol–water partition coefficient (Wildman–Crippen LogP) is 2.98. The van der Waals surface area contributed by atoms with Gasteiger partial charge in [-0.1, -0.05) is 19.1 Å². The molecule has 0 aliphatic carbocycles. The molecule has 0 aromatic heterocycles. The van der Waals surface area contributed by atoms with Crippen molar-refractivity contribution in [1.29, 1.82) is 0 Å². The minimum atomic E-state index is -0.232. The number of nitrogen functional groups attached to an aromatic ring is 1. The molecule has 1 saturated heterocycles. The van der Waals surface area contributed by atoms with Gasteiger partial charge in [0.2, 0.25) is 0 Å². The quantitative estimate of drug-likeness (QED) is 0.794. The molecule has 0 atom stereocenters. The molecular weight excluding hydrogens is 340 g/mol. The van der Waals surface area contributed by atoms with Crippen molar-refractivity contribution in [3.63, 3.8) is 0 Å². The summed E-state index contributed by atoms with van der Waals surface area (Å²) in [6, 6.07) is 11.1. The van der Waals surface area contributed by atoms with Crippen LogP contribution in [-0.2, 0) is 0 Å². The van der Waals surface area contributed by atoms with Gasteiger partial charge in [0.15, 0.2) is 0 Å². The number of carbonyl (C=O) groups excluding carboxylic acids is 1. The summed E-state index contributed by atoms with van der Waals surface area (Å²) < 4.78 is 5.29. The van der Waals surface area contributed by atoms with E-state index >= 15 is 0 Å². The normalized spacial score (nSPS) is 14.9. The van der Waals surface area contributed by atoms with E-state index < -0.39 is 0 Å². The summed E-state index contributed by atoms with van der Waals surface area (Å²) in [6.45, 7) is 9.36. The molecule has 0 unspecified atom stereocenters. The molecule has 6 heteroatoms.